The van der Waals surface area contributed by atoms with Gasteiger partial charge in [-0.15, -0.1) is 0 Å². The summed E-state index contributed by atoms with van der Waals surface area (Å²) in [5.74, 6) is 1.55. The third-order valence-electron chi connectivity index (χ3n) is 4.69. The Morgan fingerprint density at radius 1 is 1.20 bits per heavy atom. The normalized spacial score (nSPS) is 16.3. The van der Waals surface area contributed by atoms with Gasteiger partial charge < -0.3 is 10.6 Å². The highest BCUT2D eigenvalue weighted by Gasteiger charge is 2.17. The first-order chi connectivity index (χ1) is 9.72. The van der Waals surface area contributed by atoms with Crippen LogP contribution in [0.5, 0.6) is 0 Å². The van der Waals surface area contributed by atoms with Gasteiger partial charge in [0.25, 0.3) is 0 Å². The molecule has 2 N–H and O–H groups in total. The van der Waals surface area contributed by atoms with Crippen molar-refractivity contribution >= 4 is 5.69 Å². The lowest BCUT2D eigenvalue weighted by Gasteiger charge is -2.32. The van der Waals surface area contributed by atoms with E-state index in [0.717, 1.165) is 18.4 Å². The fraction of sp³-hybridized carbons (Fsp3) is 0.667. The molecule has 0 spiro atoms. The van der Waals surface area contributed by atoms with Crippen LogP contribution in [0.4, 0.5) is 5.69 Å². The van der Waals surface area contributed by atoms with E-state index in [2.05, 4.69) is 43.0 Å². The number of nitrogens with zero attached hydrogens (tertiary/aromatic N) is 1. The summed E-state index contributed by atoms with van der Waals surface area (Å²) in [7, 11) is 0. The molecule has 20 heavy (non-hydrogen) atoms. The predicted molar refractivity (Wildman–Crippen MR) is 88.2 cm³/mol. The van der Waals surface area contributed by atoms with Gasteiger partial charge in [0.2, 0.25) is 0 Å². The maximum Gasteiger partial charge on any atom is 0.0398 e. The zero-order chi connectivity index (χ0) is 14.4. The Morgan fingerprint density at radius 2 is 2.00 bits per heavy atom. The van der Waals surface area contributed by atoms with Gasteiger partial charge in [-0.05, 0) is 62.1 Å². The number of benzene rings is 1. The fourth-order valence-electron chi connectivity index (χ4n) is 3.41. The standard InChI is InChI=1S/C18H30N2/c1-15(2)16(11-12-19)8-5-13-20-14-6-9-17-7-3-4-10-18(17)20/h3-4,7,10,15-16H,5-6,8-9,11-14,19H2,1-2H3. The predicted octanol–water partition coefficient (Wildman–Crippen LogP) is 3.84. The Hall–Kier alpha value is -1.02. The van der Waals surface area contributed by atoms with Crippen LogP contribution in [0.15, 0.2) is 24.3 Å². The van der Waals surface area contributed by atoms with E-state index in [1.807, 2.05) is 0 Å². The van der Waals surface area contributed by atoms with Crippen molar-refractivity contribution in [3.05, 3.63) is 29.8 Å². The van der Waals surface area contributed by atoms with Crippen molar-refractivity contribution in [3.63, 3.8) is 0 Å². The second-order valence-corrected chi connectivity index (χ2v) is 6.44. The summed E-state index contributed by atoms with van der Waals surface area (Å²) < 4.78 is 0. The maximum atomic E-state index is 5.73. The average molecular weight is 274 g/mol. The Labute approximate surface area is 124 Å². The molecular formula is C18H30N2. The summed E-state index contributed by atoms with van der Waals surface area (Å²) in [5, 5.41) is 0. The third-order valence-corrected chi connectivity index (χ3v) is 4.69. The van der Waals surface area contributed by atoms with Gasteiger partial charge in [-0.25, -0.2) is 0 Å². The molecule has 112 valence electrons. The maximum absolute atomic E-state index is 5.73. The quantitative estimate of drug-likeness (QED) is 0.818. The fourth-order valence-corrected chi connectivity index (χ4v) is 3.41. The number of para-hydroxylation sites is 1. The van der Waals surface area contributed by atoms with Gasteiger partial charge >= 0.3 is 0 Å². The van der Waals surface area contributed by atoms with Crippen LogP contribution in [-0.4, -0.2) is 19.6 Å². The van der Waals surface area contributed by atoms with Gasteiger partial charge in [-0.1, -0.05) is 32.0 Å². The number of hydrogen-bond acceptors (Lipinski definition) is 2. The molecule has 0 bridgehead atoms. The van der Waals surface area contributed by atoms with Crippen LogP contribution < -0.4 is 10.6 Å². The SMILES string of the molecule is CC(C)C(CCN)CCCN1CCCc2ccccc21. The summed E-state index contributed by atoms with van der Waals surface area (Å²) in [6.07, 6.45) is 6.32. The number of hydrogen-bond donors (Lipinski definition) is 1. The first-order valence-electron chi connectivity index (χ1n) is 8.25. The first kappa shape index (κ1) is 15.4. The Bertz CT molecular complexity index is 400. The Balaban J connectivity index is 1.86. The van der Waals surface area contributed by atoms with E-state index in [0.29, 0.717) is 0 Å². The van der Waals surface area contributed by atoms with Crippen LogP contribution in [0.3, 0.4) is 0 Å². The van der Waals surface area contributed by atoms with Gasteiger partial charge in [0.1, 0.15) is 0 Å². The summed E-state index contributed by atoms with van der Waals surface area (Å²) in [6, 6.07) is 8.90. The molecule has 2 rings (SSSR count). The van der Waals surface area contributed by atoms with Gasteiger partial charge in [-0.3, -0.25) is 0 Å². The summed E-state index contributed by atoms with van der Waals surface area (Å²) in [6.45, 7) is 7.91. The molecule has 0 aliphatic carbocycles. The van der Waals surface area contributed by atoms with E-state index in [4.69, 9.17) is 5.73 Å². The number of aryl methyl sites for hydroxylation is 1. The minimum absolute atomic E-state index is 0.757. The zero-order valence-corrected chi connectivity index (χ0v) is 13.1. The first-order valence-corrected chi connectivity index (χ1v) is 8.25. The van der Waals surface area contributed by atoms with Crippen molar-refractivity contribution < 1.29 is 0 Å². The summed E-state index contributed by atoms with van der Waals surface area (Å²) in [5.41, 5.74) is 8.73. The van der Waals surface area contributed by atoms with Crippen LogP contribution in [-0.2, 0) is 6.42 Å². The number of anilines is 1. The molecule has 0 saturated carbocycles. The molecule has 1 unspecified atom stereocenters. The molecule has 2 nitrogen and oxygen atoms in total. The molecule has 0 amide bonds. The molecule has 1 aliphatic rings. The van der Waals surface area contributed by atoms with Gasteiger partial charge in [-0.2, -0.15) is 0 Å². The molecule has 1 aromatic rings. The molecule has 2 heteroatoms. The van der Waals surface area contributed by atoms with Crippen molar-refractivity contribution in [1.29, 1.82) is 0 Å². The van der Waals surface area contributed by atoms with Gasteiger partial charge in [0.05, 0.1) is 0 Å². The van der Waals surface area contributed by atoms with Gasteiger partial charge in [0, 0.05) is 18.8 Å². The van der Waals surface area contributed by atoms with Crippen LogP contribution >= 0.6 is 0 Å². The lowest BCUT2D eigenvalue weighted by Crippen LogP contribution is -2.30. The van der Waals surface area contributed by atoms with Gasteiger partial charge in [0.15, 0.2) is 0 Å². The second-order valence-electron chi connectivity index (χ2n) is 6.44. The molecule has 0 saturated heterocycles. The second kappa shape index (κ2) is 7.68. The molecule has 0 fully saturated rings. The van der Waals surface area contributed by atoms with E-state index in [-0.39, 0.29) is 0 Å². The molecule has 1 atom stereocenters. The highest BCUT2D eigenvalue weighted by molar-refractivity contribution is 5.55. The van der Waals surface area contributed by atoms with E-state index >= 15 is 0 Å². The van der Waals surface area contributed by atoms with Crippen molar-refractivity contribution in [3.8, 4) is 0 Å². The molecule has 1 heterocycles. The van der Waals surface area contributed by atoms with E-state index in [1.165, 1.54) is 56.4 Å². The van der Waals surface area contributed by atoms with Crippen LogP contribution in [0.2, 0.25) is 0 Å². The highest BCUT2D eigenvalue weighted by atomic mass is 15.1. The van der Waals surface area contributed by atoms with Crippen LogP contribution in [0.25, 0.3) is 0 Å². The molecule has 0 aromatic heterocycles. The lowest BCUT2D eigenvalue weighted by molar-refractivity contribution is 0.333. The van der Waals surface area contributed by atoms with Crippen molar-refractivity contribution in [1.82, 2.24) is 0 Å². The van der Waals surface area contributed by atoms with Crippen LogP contribution in [0, 0.1) is 11.8 Å². The Morgan fingerprint density at radius 3 is 2.75 bits per heavy atom. The molecular weight excluding hydrogens is 244 g/mol. The topological polar surface area (TPSA) is 29.3 Å². The minimum atomic E-state index is 0.757. The number of rotatable bonds is 7. The highest BCUT2D eigenvalue weighted by Crippen LogP contribution is 2.28. The number of nitrogens with two attached hydrogens (primary N) is 1. The van der Waals surface area contributed by atoms with Crippen molar-refractivity contribution in [2.75, 3.05) is 24.5 Å². The van der Waals surface area contributed by atoms with Crippen molar-refractivity contribution in [2.24, 2.45) is 17.6 Å². The third kappa shape index (κ3) is 3.99. The molecule has 1 aromatic carbocycles. The zero-order valence-electron chi connectivity index (χ0n) is 13.1. The monoisotopic (exact) mass is 274 g/mol. The smallest absolute Gasteiger partial charge is 0.0398 e. The van der Waals surface area contributed by atoms with E-state index < -0.39 is 0 Å². The van der Waals surface area contributed by atoms with Crippen LogP contribution in [0.1, 0.15) is 45.1 Å². The summed E-state index contributed by atoms with van der Waals surface area (Å²) in [4.78, 5) is 2.58. The summed E-state index contributed by atoms with van der Waals surface area (Å²) >= 11 is 0. The van der Waals surface area contributed by atoms with Crippen molar-refractivity contribution in [2.45, 2.75) is 46.0 Å². The Kier molecular flexibility index (Phi) is 5.90. The molecule has 0 radical (unpaired) electrons. The number of fused-ring (bicyclic) bond motifs is 1. The lowest BCUT2D eigenvalue weighted by atomic mass is 9.88. The average Bonchev–Trinajstić information content (AvgIpc) is 2.46. The van der Waals surface area contributed by atoms with E-state index in [9.17, 15) is 0 Å². The molecule has 1 aliphatic heterocycles. The minimum Gasteiger partial charge on any atom is -0.371 e. The van der Waals surface area contributed by atoms with E-state index in [1.54, 1.807) is 0 Å². The largest absolute Gasteiger partial charge is 0.371 e.